The predicted octanol–water partition coefficient (Wildman–Crippen LogP) is 2.83. The van der Waals surface area contributed by atoms with Gasteiger partial charge in [-0.25, -0.2) is 0 Å². The van der Waals surface area contributed by atoms with E-state index in [4.69, 9.17) is 21.3 Å². The summed E-state index contributed by atoms with van der Waals surface area (Å²) in [4.78, 5) is 9.85. The van der Waals surface area contributed by atoms with E-state index in [1.54, 1.807) is 0 Å². The van der Waals surface area contributed by atoms with E-state index in [1.807, 2.05) is 12.1 Å². The maximum absolute atomic E-state index is 6.32. The number of ether oxygens (including phenoxy) is 1. The Morgan fingerprint density at radius 3 is 2.60 bits per heavy atom. The maximum atomic E-state index is 6.32. The van der Waals surface area contributed by atoms with Crippen molar-refractivity contribution in [2.45, 2.75) is 32.7 Å². The summed E-state index contributed by atoms with van der Waals surface area (Å²) in [5.41, 5.74) is 1.23. The molecule has 2 heterocycles. The van der Waals surface area contributed by atoms with Crippen LogP contribution >= 0.6 is 11.6 Å². The average Bonchev–Trinajstić information content (AvgIpc) is 2.78. The van der Waals surface area contributed by atoms with Gasteiger partial charge in [0, 0.05) is 44.3 Å². The van der Waals surface area contributed by atoms with Crippen molar-refractivity contribution in [3.8, 4) is 0 Å². The second-order valence-corrected chi connectivity index (χ2v) is 8.67. The molecule has 0 spiro atoms. The summed E-state index contributed by atoms with van der Waals surface area (Å²) >= 11 is 6.32. The molecule has 0 bridgehead atoms. The topological polar surface area (TPSA) is 52.1 Å². The molecule has 0 radical (unpaired) electrons. The van der Waals surface area contributed by atoms with Gasteiger partial charge in [-0.1, -0.05) is 29.8 Å². The van der Waals surface area contributed by atoms with Crippen LogP contribution in [0, 0.1) is 5.92 Å². The first-order valence-electron chi connectivity index (χ1n) is 11.5. The fourth-order valence-electron chi connectivity index (χ4n) is 4.09. The summed E-state index contributed by atoms with van der Waals surface area (Å²) in [6, 6.07) is 8.17. The molecule has 1 aromatic rings. The molecule has 2 aliphatic heterocycles. The van der Waals surface area contributed by atoms with Crippen LogP contribution in [0.4, 0.5) is 0 Å². The first-order valence-corrected chi connectivity index (χ1v) is 11.9. The quantitative estimate of drug-likeness (QED) is 0.355. The van der Waals surface area contributed by atoms with E-state index in [1.165, 1.54) is 18.4 Å². The van der Waals surface area contributed by atoms with Crippen LogP contribution in [-0.2, 0) is 11.3 Å². The fourth-order valence-corrected chi connectivity index (χ4v) is 4.29. The Hall–Kier alpha value is -1.34. The van der Waals surface area contributed by atoms with Gasteiger partial charge in [-0.05, 0) is 63.4 Å². The van der Waals surface area contributed by atoms with Crippen LogP contribution in [-0.4, -0.2) is 81.3 Å². The number of rotatable bonds is 9. The zero-order valence-electron chi connectivity index (χ0n) is 18.4. The summed E-state index contributed by atoms with van der Waals surface area (Å²) < 4.78 is 5.41. The van der Waals surface area contributed by atoms with Gasteiger partial charge in [0.25, 0.3) is 0 Å². The number of nitrogens with zero attached hydrogens (tertiary/aromatic N) is 3. The molecule has 0 aromatic heterocycles. The molecule has 0 atom stereocenters. The van der Waals surface area contributed by atoms with Gasteiger partial charge in [-0.3, -0.25) is 14.8 Å². The van der Waals surface area contributed by atoms with Crippen LogP contribution in [0.2, 0.25) is 5.02 Å². The second-order valence-electron chi connectivity index (χ2n) is 8.26. The van der Waals surface area contributed by atoms with Gasteiger partial charge in [0.05, 0.1) is 13.2 Å². The van der Waals surface area contributed by atoms with Gasteiger partial charge < -0.3 is 15.4 Å². The molecule has 7 heteroatoms. The predicted molar refractivity (Wildman–Crippen MR) is 125 cm³/mol. The van der Waals surface area contributed by atoms with Gasteiger partial charge in [-0.2, -0.15) is 0 Å². The normalized spacial score (nSPS) is 19.7. The highest BCUT2D eigenvalue weighted by atomic mass is 35.5. The number of piperidine rings is 1. The molecule has 0 unspecified atom stereocenters. The van der Waals surface area contributed by atoms with Gasteiger partial charge in [-0.15, -0.1) is 0 Å². The van der Waals surface area contributed by atoms with E-state index in [2.05, 4.69) is 39.5 Å². The number of aliphatic imine (C=N–C) groups is 1. The summed E-state index contributed by atoms with van der Waals surface area (Å²) in [7, 11) is 0. The monoisotopic (exact) mass is 435 g/mol. The molecule has 0 amide bonds. The van der Waals surface area contributed by atoms with Crippen LogP contribution in [0.1, 0.15) is 31.7 Å². The van der Waals surface area contributed by atoms with E-state index < -0.39 is 0 Å². The zero-order chi connectivity index (χ0) is 21.0. The Bertz CT molecular complexity index is 642. The molecule has 30 heavy (non-hydrogen) atoms. The van der Waals surface area contributed by atoms with Crippen molar-refractivity contribution in [2.24, 2.45) is 10.9 Å². The van der Waals surface area contributed by atoms with Crippen LogP contribution in [0.15, 0.2) is 29.3 Å². The molecule has 6 nitrogen and oxygen atoms in total. The number of benzene rings is 1. The largest absolute Gasteiger partial charge is 0.379 e. The lowest BCUT2D eigenvalue weighted by Crippen LogP contribution is -2.41. The molecule has 2 fully saturated rings. The third-order valence-corrected chi connectivity index (χ3v) is 6.33. The minimum absolute atomic E-state index is 0.663. The molecule has 1 aromatic carbocycles. The van der Waals surface area contributed by atoms with Gasteiger partial charge in [0.2, 0.25) is 0 Å². The number of likely N-dealkylation sites (tertiary alicyclic amines) is 1. The second kappa shape index (κ2) is 13.2. The third kappa shape index (κ3) is 8.06. The molecule has 2 N–H and O–H groups in total. The fraction of sp³-hybridized carbons (Fsp3) is 0.696. The van der Waals surface area contributed by atoms with Crippen molar-refractivity contribution >= 4 is 17.6 Å². The Morgan fingerprint density at radius 2 is 1.87 bits per heavy atom. The van der Waals surface area contributed by atoms with Crippen LogP contribution in [0.3, 0.4) is 0 Å². The number of hydrogen-bond donors (Lipinski definition) is 2. The molecule has 2 saturated heterocycles. The number of nitrogens with one attached hydrogen (secondary N) is 2. The Labute approximate surface area is 187 Å². The van der Waals surface area contributed by atoms with Crippen molar-refractivity contribution in [2.75, 3.05) is 65.6 Å². The molecular formula is C23H38ClN5O. The Kier molecular flexibility index (Phi) is 10.2. The van der Waals surface area contributed by atoms with E-state index in [-0.39, 0.29) is 0 Å². The molecular weight excluding hydrogens is 398 g/mol. The molecule has 2 aliphatic rings. The summed E-state index contributed by atoms with van der Waals surface area (Å²) in [5.74, 6) is 1.62. The maximum Gasteiger partial charge on any atom is 0.191 e. The number of hydrogen-bond acceptors (Lipinski definition) is 4. The SMILES string of the molecule is CCNC(=NCC1CCN(Cc2ccccc2Cl)CC1)NCCCN1CCOCC1. The summed E-state index contributed by atoms with van der Waals surface area (Å²) in [6.45, 7) is 13.0. The minimum Gasteiger partial charge on any atom is -0.379 e. The lowest BCUT2D eigenvalue weighted by Gasteiger charge is -2.31. The van der Waals surface area contributed by atoms with Crippen molar-refractivity contribution in [3.63, 3.8) is 0 Å². The molecule has 168 valence electrons. The summed E-state index contributed by atoms with van der Waals surface area (Å²) in [6.07, 6.45) is 3.53. The van der Waals surface area contributed by atoms with Crippen LogP contribution in [0.25, 0.3) is 0 Å². The first kappa shape index (κ1) is 23.3. The van der Waals surface area contributed by atoms with E-state index >= 15 is 0 Å². The first-order chi connectivity index (χ1) is 14.7. The van der Waals surface area contributed by atoms with Crippen molar-refractivity contribution in [1.29, 1.82) is 0 Å². The molecule has 0 aliphatic carbocycles. The third-order valence-electron chi connectivity index (χ3n) is 5.96. The van der Waals surface area contributed by atoms with Crippen LogP contribution < -0.4 is 10.6 Å². The van der Waals surface area contributed by atoms with Crippen LogP contribution in [0.5, 0.6) is 0 Å². The minimum atomic E-state index is 0.663. The number of halogens is 1. The number of morpholine rings is 1. The van der Waals surface area contributed by atoms with Gasteiger partial charge in [0.15, 0.2) is 5.96 Å². The standard InChI is InChI=1S/C23H38ClN5O/c1-2-25-23(26-10-5-11-28-14-16-30-17-15-28)27-18-20-8-12-29(13-9-20)19-21-6-3-4-7-22(21)24/h3-4,6-7,20H,2,5,8-19H2,1H3,(H2,25,26,27). The Morgan fingerprint density at radius 1 is 1.10 bits per heavy atom. The highest BCUT2D eigenvalue weighted by Crippen LogP contribution is 2.22. The highest BCUT2D eigenvalue weighted by Gasteiger charge is 2.19. The molecule has 0 saturated carbocycles. The van der Waals surface area contributed by atoms with Crippen molar-refractivity contribution in [3.05, 3.63) is 34.9 Å². The smallest absolute Gasteiger partial charge is 0.191 e. The van der Waals surface area contributed by atoms with Gasteiger partial charge in [0.1, 0.15) is 0 Å². The zero-order valence-corrected chi connectivity index (χ0v) is 19.2. The lowest BCUT2D eigenvalue weighted by atomic mass is 9.96. The molecule has 3 rings (SSSR count). The van der Waals surface area contributed by atoms with E-state index in [0.29, 0.717) is 5.92 Å². The summed E-state index contributed by atoms with van der Waals surface area (Å²) in [5, 5.41) is 7.77. The van der Waals surface area contributed by atoms with Gasteiger partial charge >= 0.3 is 0 Å². The average molecular weight is 436 g/mol. The van der Waals surface area contributed by atoms with E-state index in [9.17, 15) is 0 Å². The lowest BCUT2D eigenvalue weighted by molar-refractivity contribution is 0.0376. The van der Waals surface area contributed by atoms with Crippen molar-refractivity contribution < 1.29 is 4.74 Å². The number of guanidine groups is 1. The van der Waals surface area contributed by atoms with E-state index in [0.717, 1.165) is 89.5 Å². The Balaban J connectivity index is 1.34. The van der Waals surface area contributed by atoms with Crippen molar-refractivity contribution in [1.82, 2.24) is 20.4 Å². The highest BCUT2D eigenvalue weighted by molar-refractivity contribution is 6.31.